The Morgan fingerprint density at radius 2 is 2.00 bits per heavy atom. The molecule has 0 bridgehead atoms. The lowest BCUT2D eigenvalue weighted by Crippen LogP contribution is -2.47. The van der Waals surface area contributed by atoms with E-state index in [0.29, 0.717) is 0 Å². The predicted molar refractivity (Wildman–Crippen MR) is 87.3 cm³/mol. The topological polar surface area (TPSA) is 12.5 Å². The van der Waals surface area contributed by atoms with Crippen LogP contribution in [0, 0.1) is 5.82 Å². The average Bonchev–Trinajstić information content (AvgIpc) is 2.82. The van der Waals surface area contributed by atoms with Crippen LogP contribution in [-0.4, -0.2) is 25.0 Å². The predicted octanol–water partition coefficient (Wildman–Crippen LogP) is 3.95. The summed E-state index contributed by atoms with van der Waals surface area (Å²) in [5.41, 5.74) is 1.78. The Labute approximate surface area is 136 Å². The highest BCUT2D eigenvalue weighted by Crippen LogP contribution is 2.54. The largest absolute Gasteiger partial charge is 0.482 e. The van der Waals surface area contributed by atoms with Gasteiger partial charge in [-0.15, -0.1) is 12.4 Å². The molecule has 2 aromatic carbocycles. The SMILES string of the molecule is CN1CC[C@@]2(c3cccc(F)c3)Oc3ccccc3[C@H]2C1.Cl. The minimum absolute atomic E-state index is 0. The molecule has 0 unspecified atom stereocenters. The Balaban J connectivity index is 0.00000144. The van der Waals surface area contributed by atoms with Crippen molar-refractivity contribution < 1.29 is 9.13 Å². The average molecular weight is 320 g/mol. The molecule has 2 aliphatic rings. The molecule has 2 nitrogen and oxygen atoms in total. The highest BCUT2D eigenvalue weighted by atomic mass is 35.5. The van der Waals surface area contributed by atoms with E-state index in [9.17, 15) is 4.39 Å². The molecule has 2 aliphatic heterocycles. The van der Waals surface area contributed by atoms with E-state index in [1.807, 2.05) is 18.2 Å². The molecular weight excluding hydrogens is 301 g/mol. The van der Waals surface area contributed by atoms with E-state index < -0.39 is 5.60 Å². The first kappa shape index (κ1) is 15.3. The van der Waals surface area contributed by atoms with Crippen molar-refractivity contribution >= 4 is 12.4 Å². The fourth-order valence-electron chi connectivity index (χ4n) is 3.77. The Kier molecular flexibility index (Phi) is 3.87. The molecule has 1 fully saturated rings. The molecule has 0 aliphatic carbocycles. The molecule has 0 spiro atoms. The summed E-state index contributed by atoms with van der Waals surface area (Å²) >= 11 is 0. The van der Waals surface area contributed by atoms with Crippen molar-refractivity contribution in [3.05, 3.63) is 65.5 Å². The van der Waals surface area contributed by atoms with Crippen molar-refractivity contribution in [3.8, 4) is 5.75 Å². The van der Waals surface area contributed by atoms with E-state index in [0.717, 1.165) is 30.8 Å². The van der Waals surface area contributed by atoms with Crippen molar-refractivity contribution in [2.75, 3.05) is 20.1 Å². The quantitative estimate of drug-likeness (QED) is 0.789. The first-order chi connectivity index (χ1) is 10.2. The van der Waals surface area contributed by atoms with Crippen LogP contribution in [0.2, 0.25) is 0 Å². The second kappa shape index (κ2) is 5.56. The number of ether oxygens (including phenoxy) is 1. The van der Waals surface area contributed by atoms with Gasteiger partial charge in [-0.25, -0.2) is 4.39 Å². The zero-order chi connectivity index (χ0) is 14.4. The van der Waals surface area contributed by atoms with E-state index in [4.69, 9.17) is 4.74 Å². The monoisotopic (exact) mass is 319 g/mol. The molecule has 4 rings (SSSR count). The molecular formula is C18H19ClFNO. The van der Waals surface area contributed by atoms with Gasteiger partial charge in [0.15, 0.2) is 0 Å². The maximum atomic E-state index is 13.7. The minimum atomic E-state index is -0.418. The van der Waals surface area contributed by atoms with Crippen molar-refractivity contribution in [2.24, 2.45) is 0 Å². The summed E-state index contributed by atoms with van der Waals surface area (Å²) in [6.45, 7) is 1.90. The van der Waals surface area contributed by atoms with Crippen LogP contribution in [0.1, 0.15) is 23.5 Å². The van der Waals surface area contributed by atoms with Crippen LogP contribution < -0.4 is 4.74 Å². The normalized spacial score (nSPS) is 26.5. The third-order valence-electron chi connectivity index (χ3n) is 4.82. The zero-order valence-corrected chi connectivity index (χ0v) is 13.3. The molecule has 0 aromatic heterocycles. The summed E-state index contributed by atoms with van der Waals surface area (Å²) in [5, 5.41) is 0. The fourth-order valence-corrected chi connectivity index (χ4v) is 3.77. The van der Waals surface area contributed by atoms with E-state index >= 15 is 0 Å². The molecule has 116 valence electrons. The molecule has 2 aromatic rings. The number of piperidine rings is 1. The number of likely N-dealkylation sites (tertiary alicyclic amines) is 1. The van der Waals surface area contributed by atoms with Gasteiger partial charge in [-0.1, -0.05) is 30.3 Å². The molecule has 2 heterocycles. The van der Waals surface area contributed by atoms with E-state index in [1.165, 1.54) is 11.6 Å². The second-order valence-electron chi connectivity index (χ2n) is 6.10. The van der Waals surface area contributed by atoms with Gasteiger partial charge in [-0.2, -0.15) is 0 Å². The smallest absolute Gasteiger partial charge is 0.143 e. The van der Waals surface area contributed by atoms with Crippen molar-refractivity contribution in [3.63, 3.8) is 0 Å². The Hall–Kier alpha value is -1.58. The lowest BCUT2D eigenvalue weighted by Gasteiger charge is -2.42. The number of nitrogens with zero attached hydrogens (tertiary/aromatic N) is 1. The number of likely N-dealkylation sites (N-methyl/N-ethyl adjacent to an activating group) is 1. The zero-order valence-electron chi connectivity index (χ0n) is 12.5. The molecule has 4 heteroatoms. The van der Waals surface area contributed by atoms with Crippen LogP contribution in [-0.2, 0) is 5.60 Å². The van der Waals surface area contributed by atoms with Crippen LogP contribution in [0.25, 0.3) is 0 Å². The molecule has 0 radical (unpaired) electrons. The summed E-state index contributed by atoms with van der Waals surface area (Å²) in [4.78, 5) is 2.33. The highest BCUT2D eigenvalue weighted by Gasteiger charge is 2.51. The summed E-state index contributed by atoms with van der Waals surface area (Å²) in [5.74, 6) is 1.01. The van der Waals surface area contributed by atoms with Gasteiger partial charge in [0, 0.05) is 31.0 Å². The van der Waals surface area contributed by atoms with Crippen molar-refractivity contribution in [1.29, 1.82) is 0 Å². The van der Waals surface area contributed by atoms with E-state index in [1.54, 1.807) is 12.1 Å². The number of benzene rings is 2. The Morgan fingerprint density at radius 3 is 2.82 bits per heavy atom. The number of hydrogen-bond acceptors (Lipinski definition) is 2. The summed E-state index contributed by atoms with van der Waals surface area (Å²) in [6.07, 6.45) is 0.881. The molecule has 22 heavy (non-hydrogen) atoms. The Morgan fingerprint density at radius 1 is 1.18 bits per heavy atom. The van der Waals surface area contributed by atoms with Crippen LogP contribution in [0.5, 0.6) is 5.75 Å². The van der Waals surface area contributed by atoms with E-state index in [-0.39, 0.29) is 24.1 Å². The number of hydrogen-bond donors (Lipinski definition) is 0. The molecule has 0 N–H and O–H groups in total. The third-order valence-corrected chi connectivity index (χ3v) is 4.82. The summed E-state index contributed by atoms with van der Waals surface area (Å²) in [7, 11) is 2.14. The van der Waals surface area contributed by atoms with Gasteiger partial charge >= 0.3 is 0 Å². The minimum Gasteiger partial charge on any atom is -0.482 e. The van der Waals surface area contributed by atoms with Gasteiger partial charge in [-0.05, 0) is 30.8 Å². The first-order valence-electron chi connectivity index (χ1n) is 7.41. The number of para-hydroxylation sites is 1. The highest BCUT2D eigenvalue weighted by molar-refractivity contribution is 5.85. The van der Waals surface area contributed by atoms with Crippen LogP contribution in [0.15, 0.2) is 48.5 Å². The third kappa shape index (κ3) is 2.20. The van der Waals surface area contributed by atoms with Gasteiger partial charge in [0.25, 0.3) is 0 Å². The maximum Gasteiger partial charge on any atom is 0.143 e. The van der Waals surface area contributed by atoms with Crippen molar-refractivity contribution in [2.45, 2.75) is 17.9 Å². The maximum absolute atomic E-state index is 13.7. The number of fused-ring (bicyclic) bond motifs is 3. The summed E-state index contributed by atoms with van der Waals surface area (Å²) < 4.78 is 20.1. The standard InChI is InChI=1S/C18H18FNO.ClH/c1-20-10-9-18(13-5-4-6-14(19)11-13)16(12-20)15-7-2-3-8-17(15)21-18;/h2-8,11,16H,9-10,12H2,1H3;1H/t16-,18+;/m1./s1. The van der Waals surface area contributed by atoms with Gasteiger partial charge in [-0.3, -0.25) is 0 Å². The van der Waals surface area contributed by atoms with Gasteiger partial charge < -0.3 is 9.64 Å². The lowest BCUT2D eigenvalue weighted by atomic mass is 9.74. The first-order valence-corrected chi connectivity index (χ1v) is 7.41. The molecule has 0 saturated carbocycles. The van der Waals surface area contributed by atoms with E-state index in [2.05, 4.69) is 24.1 Å². The van der Waals surface area contributed by atoms with Crippen LogP contribution >= 0.6 is 12.4 Å². The summed E-state index contributed by atoms with van der Waals surface area (Å²) in [6, 6.07) is 15.1. The molecule has 1 saturated heterocycles. The second-order valence-corrected chi connectivity index (χ2v) is 6.10. The fraction of sp³-hybridized carbons (Fsp3) is 0.333. The lowest BCUT2D eigenvalue weighted by molar-refractivity contribution is 0.00680. The van der Waals surface area contributed by atoms with Gasteiger partial charge in [0.05, 0.1) is 0 Å². The van der Waals surface area contributed by atoms with Gasteiger partial charge in [0.1, 0.15) is 17.2 Å². The molecule has 2 atom stereocenters. The molecule has 0 amide bonds. The Bertz CT molecular complexity index is 692. The van der Waals surface area contributed by atoms with Crippen LogP contribution in [0.3, 0.4) is 0 Å². The van der Waals surface area contributed by atoms with Gasteiger partial charge in [0.2, 0.25) is 0 Å². The van der Waals surface area contributed by atoms with Crippen LogP contribution in [0.4, 0.5) is 4.39 Å². The number of rotatable bonds is 1. The van der Waals surface area contributed by atoms with Crippen molar-refractivity contribution in [1.82, 2.24) is 4.90 Å². The number of halogens is 2.